The molecule has 1 aliphatic rings. The summed E-state index contributed by atoms with van der Waals surface area (Å²) >= 11 is 0. The minimum atomic E-state index is -0.169. The third-order valence-electron chi connectivity index (χ3n) is 4.02. The highest BCUT2D eigenvalue weighted by atomic mass is 16.6. The average Bonchev–Trinajstić information content (AvgIpc) is 2.83. The van der Waals surface area contributed by atoms with Gasteiger partial charge in [-0.2, -0.15) is 0 Å². The molecule has 1 saturated heterocycles. The van der Waals surface area contributed by atoms with Crippen LogP contribution in [0.3, 0.4) is 0 Å². The Hall–Kier alpha value is -1.75. The number of hydrogen-bond donors (Lipinski definition) is 0. The van der Waals surface area contributed by atoms with Gasteiger partial charge in [-0.3, -0.25) is 0 Å². The first kappa shape index (κ1) is 18.6. The van der Waals surface area contributed by atoms with Gasteiger partial charge in [-0.05, 0) is 37.4 Å². The molecule has 1 aromatic rings. The molecule has 0 aliphatic carbocycles. The summed E-state index contributed by atoms with van der Waals surface area (Å²) in [5.74, 6) is 1.30. The quantitative estimate of drug-likeness (QED) is 0.718. The highest BCUT2D eigenvalue weighted by molar-refractivity contribution is 5.67. The Morgan fingerprint density at radius 2 is 1.92 bits per heavy atom. The van der Waals surface area contributed by atoms with Crippen molar-refractivity contribution in [3.63, 3.8) is 0 Å². The van der Waals surface area contributed by atoms with E-state index in [1.165, 1.54) is 0 Å². The van der Waals surface area contributed by atoms with Gasteiger partial charge in [0.25, 0.3) is 0 Å². The molecule has 1 amide bonds. The first-order valence-electron chi connectivity index (χ1n) is 8.97. The van der Waals surface area contributed by atoms with E-state index in [4.69, 9.17) is 9.47 Å². The maximum absolute atomic E-state index is 12.0. The Balaban J connectivity index is 1.63. The van der Waals surface area contributed by atoms with E-state index in [1.807, 2.05) is 35.2 Å². The number of para-hydroxylation sites is 1. The second-order valence-electron chi connectivity index (χ2n) is 6.67. The molecule has 134 valence electrons. The molecule has 2 rings (SSSR count). The molecular weight excluding hydrogens is 304 g/mol. The van der Waals surface area contributed by atoms with E-state index in [0.29, 0.717) is 12.5 Å². The monoisotopic (exact) mass is 334 g/mol. The summed E-state index contributed by atoms with van der Waals surface area (Å²) in [6, 6.07) is 9.91. The van der Waals surface area contributed by atoms with Crippen molar-refractivity contribution in [3.05, 3.63) is 30.3 Å². The van der Waals surface area contributed by atoms with Crippen molar-refractivity contribution in [3.8, 4) is 5.75 Å². The molecule has 0 N–H and O–H groups in total. The number of hydrogen-bond acceptors (Lipinski definition) is 4. The third kappa shape index (κ3) is 6.79. The van der Waals surface area contributed by atoms with E-state index in [9.17, 15) is 4.79 Å². The molecule has 0 radical (unpaired) electrons. The molecule has 0 saturated carbocycles. The lowest BCUT2D eigenvalue weighted by atomic mass is 10.2. The zero-order valence-electron chi connectivity index (χ0n) is 14.9. The van der Waals surface area contributed by atoms with Crippen molar-refractivity contribution in [1.29, 1.82) is 0 Å². The lowest BCUT2D eigenvalue weighted by molar-refractivity contribution is 0.0930. The minimum Gasteiger partial charge on any atom is -0.494 e. The standard InChI is InChI=1S/C19H30N2O3/c1-17(2)16-24-19(22)21-12-6-10-20(13-14-21)11-7-15-23-18-8-4-3-5-9-18/h3-5,8-9,17H,6-7,10-16H2,1-2H3. The summed E-state index contributed by atoms with van der Waals surface area (Å²) in [6.45, 7) is 9.79. The second kappa shape index (κ2) is 10.2. The summed E-state index contributed by atoms with van der Waals surface area (Å²) in [6.07, 6.45) is 1.82. The highest BCUT2D eigenvalue weighted by Crippen LogP contribution is 2.10. The van der Waals surface area contributed by atoms with Gasteiger partial charge in [0.1, 0.15) is 5.75 Å². The summed E-state index contributed by atoms with van der Waals surface area (Å²) in [7, 11) is 0. The summed E-state index contributed by atoms with van der Waals surface area (Å²) in [5, 5.41) is 0. The fourth-order valence-electron chi connectivity index (χ4n) is 2.70. The van der Waals surface area contributed by atoms with Gasteiger partial charge in [-0.15, -0.1) is 0 Å². The van der Waals surface area contributed by atoms with Crippen LogP contribution < -0.4 is 4.74 Å². The SMILES string of the molecule is CC(C)COC(=O)N1CCCN(CCCOc2ccccc2)CC1. The molecule has 5 heteroatoms. The predicted molar refractivity (Wildman–Crippen MR) is 95.4 cm³/mol. The van der Waals surface area contributed by atoms with E-state index < -0.39 is 0 Å². The molecule has 24 heavy (non-hydrogen) atoms. The van der Waals surface area contributed by atoms with Gasteiger partial charge in [0, 0.05) is 26.2 Å². The average molecular weight is 334 g/mol. The van der Waals surface area contributed by atoms with Gasteiger partial charge in [0.15, 0.2) is 0 Å². The number of nitrogens with zero attached hydrogens (tertiary/aromatic N) is 2. The molecule has 0 bridgehead atoms. The topological polar surface area (TPSA) is 42.0 Å². The van der Waals surface area contributed by atoms with Gasteiger partial charge in [0.05, 0.1) is 13.2 Å². The van der Waals surface area contributed by atoms with Crippen LogP contribution in [0.15, 0.2) is 30.3 Å². The first-order valence-corrected chi connectivity index (χ1v) is 8.97. The summed E-state index contributed by atoms with van der Waals surface area (Å²) in [5.41, 5.74) is 0. The van der Waals surface area contributed by atoms with Crippen molar-refractivity contribution in [2.75, 3.05) is 45.9 Å². The number of rotatable bonds is 7. The molecule has 0 unspecified atom stereocenters. The normalized spacial score (nSPS) is 16.0. The Kier molecular flexibility index (Phi) is 7.89. The smallest absolute Gasteiger partial charge is 0.409 e. The zero-order valence-corrected chi connectivity index (χ0v) is 14.9. The predicted octanol–water partition coefficient (Wildman–Crippen LogP) is 3.26. The van der Waals surface area contributed by atoms with Crippen molar-refractivity contribution in [1.82, 2.24) is 9.80 Å². The highest BCUT2D eigenvalue weighted by Gasteiger charge is 2.20. The first-order chi connectivity index (χ1) is 11.6. The van der Waals surface area contributed by atoms with E-state index in [-0.39, 0.29) is 6.09 Å². The molecule has 1 heterocycles. The van der Waals surface area contributed by atoms with Crippen LogP contribution in [0.1, 0.15) is 26.7 Å². The van der Waals surface area contributed by atoms with Crippen molar-refractivity contribution in [2.24, 2.45) is 5.92 Å². The summed E-state index contributed by atoms with van der Waals surface area (Å²) < 4.78 is 11.1. The number of ether oxygens (including phenoxy) is 2. The third-order valence-corrected chi connectivity index (χ3v) is 4.02. The molecular formula is C19H30N2O3. The van der Waals surface area contributed by atoms with Crippen LogP contribution >= 0.6 is 0 Å². The molecule has 5 nitrogen and oxygen atoms in total. The van der Waals surface area contributed by atoms with Crippen LogP contribution in [0.25, 0.3) is 0 Å². The Bertz CT molecular complexity index is 479. The Morgan fingerprint density at radius 3 is 2.67 bits per heavy atom. The van der Waals surface area contributed by atoms with Crippen LogP contribution in [-0.4, -0.2) is 61.8 Å². The Morgan fingerprint density at radius 1 is 1.12 bits per heavy atom. The lowest BCUT2D eigenvalue weighted by Gasteiger charge is -2.22. The maximum Gasteiger partial charge on any atom is 0.409 e. The number of carbonyl (C=O) groups excluding carboxylic acids is 1. The summed E-state index contributed by atoms with van der Waals surface area (Å²) in [4.78, 5) is 16.3. The molecule has 0 atom stereocenters. The van der Waals surface area contributed by atoms with Crippen LogP contribution in [0.5, 0.6) is 5.75 Å². The van der Waals surface area contributed by atoms with Crippen LogP contribution in [0.4, 0.5) is 4.79 Å². The Labute approximate surface area is 145 Å². The van der Waals surface area contributed by atoms with Crippen LogP contribution in [0, 0.1) is 5.92 Å². The number of amides is 1. The van der Waals surface area contributed by atoms with Gasteiger partial charge in [-0.1, -0.05) is 32.0 Å². The van der Waals surface area contributed by atoms with E-state index >= 15 is 0 Å². The second-order valence-corrected chi connectivity index (χ2v) is 6.67. The van der Waals surface area contributed by atoms with E-state index in [0.717, 1.165) is 57.9 Å². The minimum absolute atomic E-state index is 0.169. The lowest BCUT2D eigenvalue weighted by Crippen LogP contribution is -2.36. The van der Waals surface area contributed by atoms with Crippen LogP contribution in [0.2, 0.25) is 0 Å². The maximum atomic E-state index is 12.0. The largest absolute Gasteiger partial charge is 0.494 e. The molecule has 1 aliphatic heterocycles. The van der Waals surface area contributed by atoms with Crippen molar-refractivity contribution >= 4 is 6.09 Å². The molecule has 0 spiro atoms. The zero-order chi connectivity index (χ0) is 17.2. The number of benzene rings is 1. The van der Waals surface area contributed by atoms with Gasteiger partial charge < -0.3 is 19.3 Å². The fraction of sp³-hybridized carbons (Fsp3) is 0.632. The van der Waals surface area contributed by atoms with E-state index in [2.05, 4.69) is 18.7 Å². The molecule has 1 aromatic carbocycles. The van der Waals surface area contributed by atoms with Crippen LogP contribution in [-0.2, 0) is 4.74 Å². The van der Waals surface area contributed by atoms with Crippen molar-refractivity contribution < 1.29 is 14.3 Å². The van der Waals surface area contributed by atoms with Gasteiger partial charge >= 0.3 is 6.09 Å². The molecule has 0 aromatic heterocycles. The van der Waals surface area contributed by atoms with E-state index in [1.54, 1.807) is 0 Å². The number of carbonyl (C=O) groups is 1. The van der Waals surface area contributed by atoms with Gasteiger partial charge in [-0.25, -0.2) is 4.79 Å². The van der Waals surface area contributed by atoms with Gasteiger partial charge in [0.2, 0.25) is 0 Å². The fourth-order valence-corrected chi connectivity index (χ4v) is 2.70. The molecule has 1 fully saturated rings. The van der Waals surface area contributed by atoms with Crippen molar-refractivity contribution in [2.45, 2.75) is 26.7 Å².